The van der Waals surface area contributed by atoms with Gasteiger partial charge in [0.2, 0.25) is 11.8 Å². The Labute approximate surface area is 238 Å². The molecule has 1 saturated heterocycles. The molecule has 1 aromatic rings. The molecule has 2 aliphatic rings. The fourth-order valence-electron chi connectivity index (χ4n) is 5.46. The molecule has 1 fully saturated rings. The Morgan fingerprint density at radius 3 is 2.52 bits per heavy atom. The van der Waals surface area contributed by atoms with Gasteiger partial charge in [-0.05, 0) is 82.1 Å². The first-order chi connectivity index (χ1) is 18.7. The highest BCUT2D eigenvalue weighted by Gasteiger charge is 2.37. The molecule has 1 heterocycles. The molecule has 0 unspecified atom stereocenters. The first-order valence-corrected chi connectivity index (χ1v) is 14.3. The molecule has 2 N–H and O–H groups in total. The van der Waals surface area contributed by atoms with Crippen LogP contribution >= 0.6 is 0 Å². The van der Waals surface area contributed by atoms with Gasteiger partial charge in [0.25, 0.3) is 5.91 Å². The zero-order valence-electron chi connectivity index (χ0n) is 25.1. The van der Waals surface area contributed by atoms with E-state index in [1.54, 1.807) is 32.6 Å². The molecule has 1 aliphatic carbocycles. The summed E-state index contributed by atoms with van der Waals surface area (Å²) in [5, 5.41) is 4.22. The molecule has 0 saturated carbocycles. The van der Waals surface area contributed by atoms with E-state index in [1.165, 1.54) is 10.6 Å². The van der Waals surface area contributed by atoms with Gasteiger partial charge in [-0.25, -0.2) is 5.43 Å². The number of nitrogens with one attached hydrogen (secondary N) is 2. The van der Waals surface area contributed by atoms with E-state index in [4.69, 9.17) is 4.74 Å². The van der Waals surface area contributed by atoms with Crippen molar-refractivity contribution in [3.63, 3.8) is 0 Å². The van der Waals surface area contributed by atoms with Crippen LogP contribution in [-0.2, 0) is 30.3 Å². The van der Waals surface area contributed by atoms with E-state index in [9.17, 15) is 19.2 Å². The third-order valence-electron chi connectivity index (χ3n) is 7.69. The number of carbonyl (C=O) groups excluding carboxylic acids is 4. The number of ether oxygens (including phenoxy) is 1. The maximum absolute atomic E-state index is 13.5. The third-order valence-corrected chi connectivity index (χ3v) is 7.69. The lowest BCUT2D eigenvalue weighted by Gasteiger charge is -2.37. The average Bonchev–Trinajstić information content (AvgIpc) is 3.32. The molecule has 0 aromatic heterocycles. The van der Waals surface area contributed by atoms with Crippen molar-refractivity contribution in [3.8, 4) is 0 Å². The summed E-state index contributed by atoms with van der Waals surface area (Å²) in [6, 6.07) is 4.87. The number of nitrogens with zero attached hydrogens (tertiary/aromatic N) is 2. The molecule has 220 valence electrons. The van der Waals surface area contributed by atoms with E-state index in [2.05, 4.69) is 29.5 Å². The fraction of sp³-hybridized carbons (Fsp3) is 0.613. The van der Waals surface area contributed by atoms with Crippen molar-refractivity contribution in [1.29, 1.82) is 0 Å². The summed E-state index contributed by atoms with van der Waals surface area (Å²) in [5.74, 6) is -1.95. The zero-order valence-corrected chi connectivity index (χ0v) is 25.1. The lowest BCUT2D eigenvalue weighted by atomic mass is 9.91. The summed E-state index contributed by atoms with van der Waals surface area (Å²) >= 11 is 0. The van der Waals surface area contributed by atoms with Gasteiger partial charge >= 0.3 is 5.97 Å². The van der Waals surface area contributed by atoms with Crippen molar-refractivity contribution < 1.29 is 23.9 Å². The van der Waals surface area contributed by atoms with Crippen LogP contribution in [0.2, 0.25) is 0 Å². The van der Waals surface area contributed by atoms with Crippen LogP contribution in [0.3, 0.4) is 0 Å². The monoisotopic (exact) mass is 554 g/mol. The van der Waals surface area contributed by atoms with Crippen molar-refractivity contribution >= 4 is 29.8 Å². The van der Waals surface area contributed by atoms with Crippen LogP contribution in [0, 0.1) is 11.8 Å². The Bertz CT molecular complexity index is 1130. The number of esters is 1. The number of amides is 3. The molecule has 3 rings (SSSR count). The van der Waals surface area contributed by atoms with Gasteiger partial charge in [-0.3, -0.25) is 24.2 Å². The van der Waals surface area contributed by atoms with E-state index >= 15 is 0 Å². The minimum Gasteiger partial charge on any atom is -0.460 e. The van der Waals surface area contributed by atoms with Gasteiger partial charge in [0.05, 0.1) is 18.4 Å². The van der Waals surface area contributed by atoms with Gasteiger partial charge in [-0.15, -0.1) is 0 Å². The second-order valence-electron chi connectivity index (χ2n) is 12.4. The van der Waals surface area contributed by atoms with Crippen molar-refractivity contribution in [2.75, 3.05) is 13.6 Å². The highest BCUT2D eigenvalue weighted by molar-refractivity contribution is 5.90. The molecule has 1 aliphatic heterocycles. The Hall–Kier alpha value is -3.20. The molecule has 9 heteroatoms. The Balaban J connectivity index is 1.61. The fourth-order valence-corrected chi connectivity index (χ4v) is 5.46. The quantitative estimate of drug-likeness (QED) is 0.450. The highest BCUT2D eigenvalue weighted by Crippen LogP contribution is 2.36. The summed E-state index contributed by atoms with van der Waals surface area (Å²) in [5.41, 5.74) is 5.91. The number of benzene rings is 1. The smallest absolute Gasteiger partial charge is 0.307 e. The summed E-state index contributed by atoms with van der Waals surface area (Å²) in [4.78, 5) is 54.0. The highest BCUT2D eigenvalue weighted by atomic mass is 16.6. The van der Waals surface area contributed by atoms with E-state index in [-0.39, 0.29) is 36.1 Å². The van der Waals surface area contributed by atoms with Crippen molar-refractivity contribution in [3.05, 3.63) is 41.5 Å². The average molecular weight is 555 g/mol. The van der Waals surface area contributed by atoms with E-state index < -0.39 is 29.6 Å². The molecule has 0 bridgehead atoms. The minimum absolute atomic E-state index is 0.0218. The van der Waals surface area contributed by atoms with Crippen molar-refractivity contribution in [2.24, 2.45) is 11.8 Å². The van der Waals surface area contributed by atoms with Crippen LogP contribution in [-0.4, -0.2) is 64.9 Å². The Morgan fingerprint density at radius 1 is 1.20 bits per heavy atom. The number of fused-ring (bicyclic) bond motifs is 1. The zero-order chi connectivity index (χ0) is 29.8. The number of hydrazine groups is 1. The molecule has 40 heavy (non-hydrogen) atoms. The largest absolute Gasteiger partial charge is 0.460 e. The molecule has 4 atom stereocenters. The molecule has 3 amide bonds. The summed E-state index contributed by atoms with van der Waals surface area (Å²) < 4.78 is 5.39. The molecule has 0 spiro atoms. The maximum Gasteiger partial charge on any atom is 0.307 e. The summed E-state index contributed by atoms with van der Waals surface area (Å²) in [6.45, 7) is 15.0. The number of hydrogen-bond donors (Lipinski definition) is 2. The van der Waals surface area contributed by atoms with E-state index in [1.807, 2.05) is 33.0 Å². The molecule has 0 radical (unpaired) electrons. The van der Waals surface area contributed by atoms with Gasteiger partial charge in [0.15, 0.2) is 0 Å². The van der Waals surface area contributed by atoms with Gasteiger partial charge in [0, 0.05) is 13.6 Å². The van der Waals surface area contributed by atoms with Gasteiger partial charge < -0.3 is 15.0 Å². The lowest BCUT2D eigenvalue weighted by Crippen LogP contribution is -2.61. The van der Waals surface area contributed by atoms with Gasteiger partial charge in [0.1, 0.15) is 17.7 Å². The second kappa shape index (κ2) is 13.0. The molecule has 1 aromatic carbocycles. The van der Waals surface area contributed by atoms with Crippen LogP contribution in [0.1, 0.15) is 90.0 Å². The predicted octanol–water partition coefficient (Wildman–Crippen LogP) is 3.78. The number of hydrogen-bond acceptors (Lipinski definition) is 6. The first kappa shape index (κ1) is 31.3. The van der Waals surface area contributed by atoms with Crippen LogP contribution in [0.15, 0.2) is 24.8 Å². The maximum atomic E-state index is 13.5. The van der Waals surface area contributed by atoms with Gasteiger partial charge in [-0.1, -0.05) is 38.6 Å². The topological polar surface area (TPSA) is 108 Å². The Morgan fingerprint density at radius 2 is 1.90 bits per heavy atom. The first-order valence-electron chi connectivity index (χ1n) is 14.3. The van der Waals surface area contributed by atoms with E-state index in [0.29, 0.717) is 19.4 Å². The SMILES string of the molecule is C=Cc1ccc2c(c1)[C@H](N(C)C(=O)[C@@H]1CCCN(C(=O)[C@H](C)NC(=O)[C@@H](CC(=O)OC(C)(C)C)C(C)C)N1)CC2. The van der Waals surface area contributed by atoms with E-state index in [0.717, 1.165) is 24.0 Å². The second-order valence-corrected chi connectivity index (χ2v) is 12.4. The molecular formula is C31H46N4O5. The summed E-state index contributed by atoms with van der Waals surface area (Å²) in [7, 11) is 1.82. The number of carbonyl (C=O) groups is 4. The molecular weight excluding hydrogens is 508 g/mol. The van der Waals surface area contributed by atoms with Crippen LogP contribution < -0.4 is 10.7 Å². The normalized spacial score (nSPS) is 20.4. The minimum atomic E-state index is -0.828. The van der Waals surface area contributed by atoms with Crippen molar-refractivity contribution in [2.45, 2.75) is 97.4 Å². The number of aryl methyl sites for hydroxylation is 1. The number of rotatable bonds is 9. The lowest BCUT2D eigenvalue weighted by molar-refractivity contribution is -0.158. The standard InChI is InChI=1S/C31H46N4O5/c1-9-21-12-13-22-14-15-26(24(22)17-21)34(8)30(39)25-11-10-16-35(33-25)29(38)20(4)32-28(37)23(19(2)3)18-27(36)40-31(5,6)7/h9,12-13,17,19-20,23,25-26,33H,1,10-11,14-16,18H2,2-8H3,(H,32,37)/t20-,23-,25-,26+/m0/s1. The number of likely N-dealkylation sites (N-methyl/N-ethyl adjacent to an activating group) is 1. The van der Waals surface area contributed by atoms with Crippen LogP contribution in [0.4, 0.5) is 0 Å². The summed E-state index contributed by atoms with van der Waals surface area (Å²) in [6.07, 6.45) is 4.80. The third kappa shape index (κ3) is 7.71. The van der Waals surface area contributed by atoms with Crippen LogP contribution in [0.25, 0.3) is 6.08 Å². The Kier molecular flexibility index (Phi) is 10.2. The van der Waals surface area contributed by atoms with Crippen LogP contribution in [0.5, 0.6) is 0 Å². The molecule has 9 nitrogen and oxygen atoms in total. The van der Waals surface area contributed by atoms with Crippen molar-refractivity contribution in [1.82, 2.24) is 20.7 Å². The van der Waals surface area contributed by atoms with Gasteiger partial charge in [-0.2, -0.15) is 0 Å². The predicted molar refractivity (Wildman–Crippen MR) is 155 cm³/mol.